The third-order valence-electron chi connectivity index (χ3n) is 8.08. The van der Waals surface area contributed by atoms with E-state index in [-0.39, 0.29) is 35.6 Å². The minimum Gasteiger partial charge on any atom is -0.354 e. The van der Waals surface area contributed by atoms with Crippen LogP contribution in [0.15, 0.2) is 47.5 Å². The van der Waals surface area contributed by atoms with Gasteiger partial charge in [0.25, 0.3) is 5.91 Å². The highest BCUT2D eigenvalue weighted by molar-refractivity contribution is 7.59. The second-order valence-electron chi connectivity index (χ2n) is 11.6. The first-order chi connectivity index (χ1) is 20.1. The van der Waals surface area contributed by atoms with Gasteiger partial charge in [0.2, 0.25) is 5.91 Å². The molecule has 0 unspecified atom stereocenters. The van der Waals surface area contributed by atoms with Crippen molar-refractivity contribution >= 4 is 33.9 Å². The van der Waals surface area contributed by atoms with E-state index in [2.05, 4.69) is 38.3 Å². The number of halogens is 1. The summed E-state index contributed by atoms with van der Waals surface area (Å²) in [5.41, 5.74) is 3.99. The molecule has 3 aliphatic rings. The second kappa shape index (κ2) is 14.6. The number of carbonyl (C=O) groups excluding carboxylic acids is 2. The Bertz CT molecular complexity index is 1390. The van der Waals surface area contributed by atoms with Crippen molar-refractivity contribution in [1.82, 2.24) is 10.2 Å². The Morgan fingerprint density at radius 1 is 0.976 bits per heavy atom. The zero-order chi connectivity index (χ0) is 30.2. The number of anilines is 1. The second-order valence-corrected chi connectivity index (χ2v) is 12.0. The highest BCUT2D eigenvalue weighted by atomic mass is 32.2. The van der Waals surface area contributed by atoms with E-state index in [1.807, 2.05) is 13.8 Å². The molecule has 0 bridgehead atoms. The fourth-order valence-corrected chi connectivity index (χ4v) is 6.13. The topological polar surface area (TPSA) is 116 Å². The molecule has 9 nitrogen and oxygen atoms in total. The van der Waals surface area contributed by atoms with Crippen molar-refractivity contribution in [3.63, 3.8) is 0 Å². The van der Waals surface area contributed by atoms with E-state index < -0.39 is 10.6 Å². The molecule has 42 heavy (non-hydrogen) atoms. The van der Waals surface area contributed by atoms with E-state index in [1.165, 1.54) is 54.7 Å². The summed E-state index contributed by atoms with van der Waals surface area (Å²) >= 11 is 0. The Morgan fingerprint density at radius 3 is 2.24 bits per heavy atom. The summed E-state index contributed by atoms with van der Waals surface area (Å²) < 4.78 is 38.7. The SMILES string of the molecule is CC(C)NC(=O)C1CCC(N2C(=NC(=O)c3ccc(F)cc3)Cc3ccc(CN4CCCCC4)cc32)CC1.O=S(=O)=O. The van der Waals surface area contributed by atoms with Gasteiger partial charge in [-0.1, -0.05) is 18.6 Å². The van der Waals surface area contributed by atoms with Crippen LogP contribution in [0.1, 0.15) is 80.3 Å². The molecule has 2 heterocycles. The number of benzene rings is 2. The molecule has 226 valence electrons. The largest absolute Gasteiger partial charge is 0.425 e. The number of hydrogen-bond donors (Lipinski definition) is 1. The molecule has 0 atom stereocenters. The van der Waals surface area contributed by atoms with Crippen LogP contribution in [0.4, 0.5) is 10.1 Å². The van der Waals surface area contributed by atoms with Gasteiger partial charge in [-0.15, -0.1) is 12.6 Å². The molecule has 2 aromatic carbocycles. The summed E-state index contributed by atoms with van der Waals surface area (Å²) in [5, 5.41) is 3.06. The van der Waals surface area contributed by atoms with Gasteiger partial charge in [-0.25, -0.2) is 4.39 Å². The molecule has 11 heteroatoms. The number of carbonyl (C=O) groups is 2. The van der Waals surface area contributed by atoms with Gasteiger partial charge in [-0.2, -0.15) is 4.99 Å². The Labute approximate surface area is 248 Å². The number of piperidine rings is 1. The van der Waals surface area contributed by atoms with Crippen molar-refractivity contribution in [3.05, 3.63) is 65.0 Å². The van der Waals surface area contributed by atoms with Crippen molar-refractivity contribution in [2.45, 2.75) is 83.8 Å². The number of amides is 2. The predicted molar refractivity (Wildman–Crippen MR) is 159 cm³/mol. The van der Waals surface area contributed by atoms with Crippen LogP contribution in [0.5, 0.6) is 0 Å². The van der Waals surface area contributed by atoms with Crippen LogP contribution in [0.3, 0.4) is 0 Å². The first kappa shape index (κ1) is 31.5. The van der Waals surface area contributed by atoms with E-state index in [1.54, 1.807) is 0 Å². The van der Waals surface area contributed by atoms with E-state index in [4.69, 9.17) is 12.6 Å². The number of hydrogen-bond acceptors (Lipinski definition) is 6. The first-order valence-corrected chi connectivity index (χ1v) is 15.7. The molecule has 2 aliphatic heterocycles. The minimum atomic E-state index is -3.11. The van der Waals surface area contributed by atoms with Crippen LogP contribution in [-0.2, 0) is 28.4 Å². The first-order valence-electron chi connectivity index (χ1n) is 14.7. The molecule has 1 saturated carbocycles. The van der Waals surface area contributed by atoms with Crippen molar-refractivity contribution in [1.29, 1.82) is 0 Å². The number of fused-ring (bicyclic) bond motifs is 1. The third kappa shape index (κ3) is 8.54. The lowest BCUT2D eigenvalue weighted by atomic mass is 9.84. The third-order valence-corrected chi connectivity index (χ3v) is 8.08. The maximum atomic E-state index is 13.4. The smallest absolute Gasteiger partial charge is 0.354 e. The van der Waals surface area contributed by atoms with Crippen LogP contribution in [0, 0.1) is 11.7 Å². The lowest BCUT2D eigenvalue weighted by Gasteiger charge is -2.36. The average molecular weight is 599 g/mol. The normalized spacial score (nSPS) is 21.4. The summed E-state index contributed by atoms with van der Waals surface area (Å²) in [6.45, 7) is 7.20. The van der Waals surface area contributed by atoms with Gasteiger partial charge in [0.1, 0.15) is 11.7 Å². The highest BCUT2D eigenvalue weighted by Gasteiger charge is 2.36. The zero-order valence-corrected chi connectivity index (χ0v) is 25.0. The molecule has 0 aromatic heterocycles. The molecular formula is C31H39FN4O5S. The molecule has 0 spiro atoms. The number of nitrogens with zero attached hydrogens (tertiary/aromatic N) is 3. The Balaban J connectivity index is 0.000000952. The van der Waals surface area contributed by atoms with Crippen LogP contribution >= 0.6 is 0 Å². The quantitative estimate of drug-likeness (QED) is 0.521. The molecule has 2 amide bonds. The molecule has 1 N–H and O–H groups in total. The van der Waals surface area contributed by atoms with Crippen LogP contribution in [-0.4, -0.2) is 60.3 Å². The van der Waals surface area contributed by atoms with Gasteiger partial charge >= 0.3 is 10.6 Å². The van der Waals surface area contributed by atoms with Crippen molar-refractivity contribution in [2.75, 3.05) is 18.0 Å². The Hall–Kier alpha value is -3.44. The molecule has 2 aromatic rings. The molecular weight excluding hydrogens is 559 g/mol. The number of amidine groups is 1. The van der Waals surface area contributed by atoms with Crippen molar-refractivity contribution in [3.8, 4) is 0 Å². The molecule has 5 rings (SSSR count). The number of nitrogens with one attached hydrogen (secondary N) is 1. The van der Waals surface area contributed by atoms with E-state index in [9.17, 15) is 14.0 Å². The Morgan fingerprint density at radius 2 is 1.62 bits per heavy atom. The molecule has 1 saturated heterocycles. The molecule has 2 fully saturated rings. The van der Waals surface area contributed by atoms with E-state index in [0.29, 0.717) is 12.0 Å². The van der Waals surface area contributed by atoms with Gasteiger partial charge in [0, 0.05) is 42.2 Å². The van der Waals surface area contributed by atoms with Gasteiger partial charge in [-0.3, -0.25) is 14.5 Å². The predicted octanol–water partition coefficient (Wildman–Crippen LogP) is 4.49. The lowest BCUT2D eigenvalue weighted by Crippen LogP contribution is -2.44. The monoisotopic (exact) mass is 598 g/mol. The van der Waals surface area contributed by atoms with Crippen molar-refractivity contribution < 1.29 is 26.6 Å². The standard InChI is InChI=1S/C31H39FN4O2.O3S/c1-21(2)33-30(37)24-10-14-27(15-11-24)36-28-18-22(20-35-16-4-3-5-17-35)6-7-25(28)19-29(36)34-31(38)23-8-12-26(32)13-9-23;1-4(2)3/h6-9,12-13,18,21,24,27H,3-5,10-11,14-17,19-20H2,1-2H3,(H,33,37);. The molecule has 0 radical (unpaired) electrons. The van der Waals surface area contributed by atoms with Gasteiger partial charge in [0.05, 0.1) is 0 Å². The highest BCUT2D eigenvalue weighted by Crippen LogP contribution is 2.38. The summed E-state index contributed by atoms with van der Waals surface area (Å²) in [6, 6.07) is 12.6. The fourth-order valence-electron chi connectivity index (χ4n) is 6.13. The lowest BCUT2D eigenvalue weighted by molar-refractivity contribution is -0.126. The number of likely N-dealkylation sites (tertiary alicyclic amines) is 1. The van der Waals surface area contributed by atoms with Gasteiger partial charge < -0.3 is 10.2 Å². The maximum Gasteiger partial charge on any atom is 0.425 e. The number of rotatable bonds is 6. The van der Waals surface area contributed by atoms with Crippen LogP contribution < -0.4 is 10.2 Å². The molecule has 1 aliphatic carbocycles. The Kier molecular flexibility index (Phi) is 11.0. The minimum absolute atomic E-state index is 0.0300. The van der Waals surface area contributed by atoms with Crippen LogP contribution in [0.2, 0.25) is 0 Å². The van der Waals surface area contributed by atoms with Gasteiger partial charge in [0.15, 0.2) is 0 Å². The number of aliphatic imine (C=N–C) groups is 1. The van der Waals surface area contributed by atoms with E-state index >= 15 is 0 Å². The summed E-state index contributed by atoms with van der Waals surface area (Å²) in [7, 11) is -3.11. The maximum absolute atomic E-state index is 13.4. The van der Waals surface area contributed by atoms with Gasteiger partial charge in [-0.05, 0) is 107 Å². The average Bonchev–Trinajstić information content (AvgIpc) is 3.30. The van der Waals surface area contributed by atoms with Crippen molar-refractivity contribution in [2.24, 2.45) is 10.9 Å². The van der Waals surface area contributed by atoms with Crippen LogP contribution in [0.25, 0.3) is 0 Å². The van der Waals surface area contributed by atoms with E-state index in [0.717, 1.165) is 56.8 Å². The zero-order valence-electron chi connectivity index (χ0n) is 24.2. The summed E-state index contributed by atoms with van der Waals surface area (Å²) in [4.78, 5) is 35.1. The summed E-state index contributed by atoms with van der Waals surface area (Å²) in [6.07, 6.45) is 7.81. The fraction of sp³-hybridized carbons (Fsp3) is 0.516. The summed E-state index contributed by atoms with van der Waals surface area (Å²) in [5.74, 6) is 0.200.